The van der Waals surface area contributed by atoms with E-state index in [1.165, 1.54) is 0 Å². The topological polar surface area (TPSA) is 62.6 Å². The molecule has 0 aliphatic heterocycles. The Morgan fingerprint density at radius 1 is 1.33 bits per heavy atom. The van der Waals surface area contributed by atoms with Crippen molar-refractivity contribution in [3.8, 4) is 5.88 Å². The Hall–Kier alpha value is -0.690. The average molecular weight is 259 g/mol. The van der Waals surface area contributed by atoms with Crippen LogP contribution >= 0.6 is 6.72 Å². The van der Waals surface area contributed by atoms with Gasteiger partial charge in [-0.3, -0.25) is 0 Å². The molecule has 4 nitrogen and oxygen atoms in total. The van der Waals surface area contributed by atoms with Crippen molar-refractivity contribution in [3.05, 3.63) is 23.9 Å². The number of rotatable bonds is 2. The Labute approximate surface area is 87.6 Å². The van der Waals surface area contributed by atoms with Gasteiger partial charge in [0, 0.05) is 24.1 Å². The van der Waals surface area contributed by atoms with E-state index in [1.54, 1.807) is 0 Å². The highest BCUT2D eigenvalue weighted by Crippen LogP contribution is 2.37. The predicted molar refractivity (Wildman–Crippen MR) is 48.6 cm³/mol. The zero-order valence-electron chi connectivity index (χ0n) is 6.97. The van der Waals surface area contributed by atoms with Crippen molar-refractivity contribution < 1.29 is 27.5 Å². The number of hydrogen-bond donors (Lipinski definition) is 2. The molecule has 15 heavy (non-hydrogen) atoms. The minimum Gasteiger partial charge on any atom is -0.406 e. The largest absolute Gasteiger partial charge is 0.417 e. The molecule has 84 valence electrons. The van der Waals surface area contributed by atoms with Gasteiger partial charge in [-0.05, 0) is 6.07 Å². The Balaban J connectivity index is 2.87. The third kappa shape index (κ3) is 4.13. The molecule has 0 aliphatic rings. The van der Waals surface area contributed by atoms with E-state index in [9.17, 15) is 13.2 Å². The van der Waals surface area contributed by atoms with Crippen LogP contribution in [-0.2, 0) is 18.0 Å². The smallest absolute Gasteiger partial charge is 0.406 e. The summed E-state index contributed by atoms with van der Waals surface area (Å²) in [5.41, 5.74) is -0.959. The highest BCUT2D eigenvalue weighted by molar-refractivity contribution is 8.06. The standard InChI is InChI=1S/C6H5F3NO3PS/c7-6(8,9)4-1-2-5(10-3-4)13-14(11,12)15/h1-3H,(H2,11,12,15). The lowest BCUT2D eigenvalue weighted by Gasteiger charge is -2.10. The fraction of sp³-hybridized carbons (Fsp3) is 0.167. The van der Waals surface area contributed by atoms with Gasteiger partial charge >= 0.3 is 12.9 Å². The fourth-order valence-electron chi connectivity index (χ4n) is 0.724. The van der Waals surface area contributed by atoms with Crippen LogP contribution in [0.3, 0.4) is 0 Å². The predicted octanol–water partition coefficient (Wildman–Crippen LogP) is 1.69. The molecule has 2 N–H and O–H groups in total. The van der Waals surface area contributed by atoms with Gasteiger partial charge in [0.15, 0.2) is 0 Å². The summed E-state index contributed by atoms with van der Waals surface area (Å²) >= 11 is 4.11. The van der Waals surface area contributed by atoms with Gasteiger partial charge < -0.3 is 14.3 Å². The molecule has 0 amide bonds. The van der Waals surface area contributed by atoms with E-state index in [2.05, 4.69) is 21.3 Å². The van der Waals surface area contributed by atoms with E-state index < -0.39 is 18.5 Å². The first-order valence-electron chi connectivity index (χ1n) is 3.47. The summed E-state index contributed by atoms with van der Waals surface area (Å²) in [7, 11) is 0. The molecule has 1 rings (SSSR count). The summed E-state index contributed by atoms with van der Waals surface area (Å²) in [6.45, 7) is -3.95. The van der Waals surface area contributed by atoms with Crippen LogP contribution in [0.5, 0.6) is 5.88 Å². The van der Waals surface area contributed by atoms with E-state index in [0.717, 1.165) is 6.07 Å². The van der Waals surface area contributed by atoms with Crippen molar-refractivity contribution >= 4 is 18.5 Å². The summed E-state index contributed by atoms with van der Waals surface area (Å²) in [6, 6.07) is 1.56. The van der Waals surface area contributed by atoms with Crippen LogP contribution in [0, 0.1) is 0 Å². The van der Waals surface area contributed by atoms with Crippen molar-refractivity contribution in [2.24, 2.45) is 0 Å². The Bertz CT molecular complexity index is 388. The first-order valence-corrected chi connectivity index (χ1v) is 6.09. The van der Waals surface area contributed by atoms with Gasteiger partial charge in [0.2, 0.25) is 5.88 Å². The number of pyridine rings is 1. The monoisotopic (exact) mass is 259 g/mol. The van der Waals surface area contributed by atoms with Crippen molar-refractivity contribution in [1.29, 1.82) is 0 Å². The van der Waals surface area contributed by atoms with Crippen molar-refractivity contribution in [3.63, 3.8) is 0 Å². The number of alkyl halides is 3. The molecule has 0 spiro atoms. The number of nitrogens with zero attached hydrogens (tertiary/aromatic N) is 1. The molecule has 0 saturated heterocycles. The van der Waals surface area contributed by atoms with Crippen molar-refractivity contribution in [2.75, 3.05) is 0 Å². The molecule has 0 radical (unpaired) electrons. The van der Waals surface area contributed by atoms with E-state index in [0.29, 0.717) is 12.3 Å². The fourth-order valence-corrected chi connectivity index (χ4v) is 1.30. The second kappa shape index (κ2) is 4.05. The summed E-state index contributed by atoms with van der Waals surface area (Å²) in [6.07, 6.45) is -3.98. The second-order valence-corrected chi connectivity index (χ2v) is 5.06. The van der Waals surface area contributed by atoms with Crippen LogP contribution < -0.4 is 4.52 Å². The molecule has 0 aliphatic carbocycles. The average Bonchev–Trinajstić information content (AvgIpc) is 2.00. The molecule has 0 aromatic carbocycles. The summed E-state index contributed by atoms with van der Waals surface area (Å²) in [5.74, 6) is -0.365. The minimum absolute atomic E-state index is 0.365. The molecule has 0 bridgehead atoms. The third-order valence-corrected chi connectivity index (χ3v) is 1.92. The van der Waals surface area contributed by atoms with Gasteiger partial charge in [-0.1, -0.05) is 0 Å². The van der Waals surface area contributed by atoms with Crippen molar-refractivity contribution in [1.82, 2.24) is 4.98 Å². The molecule has 9 heteroatoms. The van der Waals surface area contributed by atoms with Gasteiger partial charge in [-0.15, -0.1) is 0 Å². The van der Waals surface area contributed by atoms with Crippen LogP contribution in [0.25, 0.3) is 0 Å². The Morgan fingerprint density at radius 2 is 1.93 bits per heavy atom. The lowest BCUT2D eigenvalue weighted by Crippen LogP contribution is -2.05. The number of halogens is 3. The Morgan fingerprint density at radius 3 is 2.27 bits per heavy atom. The second-order valence-electron chi connectivity index (χ2n) is 2.46. The van der Waals surface area contributed by atoms with Crippen LogP contribution in [0.2, 0.25) is 0 Å². The zero-order valence-corrected chi connectivity index (χ0v) is 8.68. The molecule has 1 aromatic heterocycles. The van der Waals surface area contributed by atoms with Crippen LogP contribution in [0.4, 0.5) is 13.2 Å². The lowest BCUT2D eigenvalue weighted by molar-refractivity contribution is -0.137. The molecule has 1 aromatic rings. The summed E-state index contributed by atoms with van der Waals surface area (Å²) < 4.78 is 40.5. The maximum Gasteiger partial charge on any atom is 0.417 e. The third-order valence-electron chi connectivity index (χ3n) is 1.28. The van der Waals surface area contributed by atoms with Crippen LogP contribution in [0.1, 0.15) is 5.56 Å². The highest BCUT2D eigenvalue weighted by atomic mass is 32.5. The summed E-state index contributed by atoms with van der Waals surface area (Å²) in [4.78, 5) is 20.6. The van der Waals surface area contributed by atoms with Crippen LogP contribution in [0.15, 0.2) is 18.3 Å². The lowest BCUT2D eigenvalue weighted by atomic mass is 10.3. The van der Waals surface area contributed by atoms with Gasteiger partial charge in [0.25, 0.3) is 0 Å². The molecule has 1 heterocycles. The molecule has 0 unspecified atom stereocenters. The number of hydrogen-bond acceptors (Lipinski definition) is 3. The van der Waals surface area contributed by atoms with Gasteiger partial charge in [0.1, 0.15) is 0 Å². The maximum absolute atomic E-state index is 12.1. The highest BCUT2D eigenvalue weighted by Gasteiger charge is 2.30. The number of aromatic nitrogens is 1. The maximum atomic E-state index is 12.1. The normalized spacial score (nSPS) is 12.6. The first-order chi connectivity index (χ1) is 6.68. The quantitative estimate of drug-likeness (QED) is 0.791. The molecule has 0 atom stereocenters. The van der Waals surface area contributed by atoms with E-state index in [1.807, 2.05) is 0 Å². The molecule has 0 saturated carbocycles. The van der Waals surface area contributed by atoms with E-state index in [-0.39, 0.29) is 5.88 Å². The SMILES string of the molecule is OP(O)(=S)Oc1ccc(C(F)(F)F)cn1. The Kier molecular flexibility index (Phi) is 3.34. The van der Waals surface area contributed by atoms with Gasteiger partial charge in [-0.25, -0.2) is 4.98 Å². The zero-order chi connectivity index (χ0) is 11.7. The van der Waals surface area contributed by atoms with E-state index >= 15 is 0 Å². The van der Waals surface area contributed by atoms with Crippen molar-refractivity contribution in [2.45, 2.75) is 6.18 Å². The first kappa shape index (κ1) is 12.4. The minimum atomic E-state index is -4.50. The van der Waals surface area contributed by atoms with Crippen LogP contribution in [-0.4, -0.2) is 14.8 Å². The van der Waals surface area contributed by atoms with Gasteiger partial charge in [0.05, 0.1) is 5.56 Å². The van der Waals surface area contributed by atoms with Gasteiger partial charge in [-0.2, -0.15) is 13.2 Å². The van der Waals surface area contributed by atoms with E-state index in [4.69, 9.17) is 9.79 Å². The summed E-state index contributed by atoms with van der Waals surface area (Å²) in [5, 5.41) is 0. The molecular weight excluding hydrogens is 254 g/mol. The molecule has 0 fully saturated rings. The molecular formula is C6H5F3NO3PS.